The molecule has 1 fully saturated rings. The number of fused-ring (bicyclic) bond motifs is 1. The first kappa shape index (κ1) is 15.6. The van der Waals surface area contributed by atoms with Gasteiger partial charge >= 0.3 is 0 Å². The SMILES string of the molecule is NC(=O)c1sc2nccc(N3CCN(c4ccccn4)CC3)c2c1N. The van der Waals surface area contributed by atoms with Crippen LogP contribution in [0.2, 0.25) is 0 Å². The lowest BCUT2D eigenvalue weighted by molar-refractivity contribution is 0.100. The number of carbonyl (C=O) groups is 1. The van der Waals surface area contributed by atoms with Crippen LogP contribution in [0, 0.1) is 0 Å². The number of hydrogen-bond donors (Lipinski definition) is 2. The van der Waals surface area contributed by atoms with E-state index >= 15 is 0 Å². The molecule has 1 saturated heterocycles. The standard InChI is InChI=1S/C17H18N6OS/c18-14-13-11(4-6-21-17(13)25-15(14)16(19)24)22-7-9-23(10-8-22)12-3-1-2-5-20-12/h1-6H,7-10,18H2,(H2,19,24). The van der Waals surface area contributed by atoms with E-state index in [1.165, 1.54) is 11.3 Å². The molecule has 4 rings (SSSR count). The third-order valence-corrected chi connectivity index (χ3v) is 5.55. The Kier molecular flexibility index (Phi) is 3.89. The van der Waals surface area contributed by atoms with Crippen molar-refractivity contribution in [2.24, 2.45) is 5.73 Å². The van der Waals surface area contributed by atoms with Crippen molar-refractivity contribution in [2.45, 2.75) is 0 Å². The Bertz CT molecular complexity index is 918. The third kappa shape index (κ3) is 2.74. The molecule has 1 amide bonds. The number of anilines is 3. The number of nitrogen functional groups attached to an aromatic ring is 1. The Hall–Kier alpha value is -2.87. The molecule has 7 nitrogen and oxygen atoms in total. The molecule has 0 aromatic carbocycles. The highest BCUT2D eigenvalue weighted by molar-refractivity contribution is 7.21. The van der Waals surface area contributed by atoms with Gasteiger partial charge in [0.1, 0.15) is 15.5 Å². The highest BCUT2D eigenvalue weighted by atomic mass is 32.1. The predicted molar refractivity (Wildman–Crippen MR) is 101 cm³/mol. The van der Waals surface area contributed by atoms with E-state index in [-0.39, 0.29) is 0 Å². The average Bonchev–Trinajstić information content (AvgIpc) is 3.00. The molecule has 4 heterocycles. The van der Waals surface area contributed by atoms with Gasteiger partial charge in [-0.3, -0.25) is 4.79 Å². The molecule has 1 aliphatic rings. The summed E-state index contributed by atoms with van der Waals surface area (Å²) in [5.41, 5.74) is 13.1. The van der Waals surface area contributed by atoms with Gasteiger partial charge < -0.3 is 21.3 Å². The van der Waals surface area contributed by atoms with E-state index < -0.39 is 5.91 Å². The van der Waals surface area contributed by atoms with Gasteiger partial charge in [0, 0.05) is 38.6 Å². The second-order valence-electron chi connectivity index (χ2n) is 5.88. The van der Waals surface area contributed by atoms with Crippen LogP contribution >= 0.6 is 11.3 Å². The molecule has 128 valence electrons. The van der Waals surface area contributed by atoms with E-state index in [9.17, 15) is 4.79 Å². The van der Waals surface area contributed by atoms with Crippen molar-refractivity contribution < 1.29 is 4.79 Å². The first-order chi connectivity index (χ1) is 12.1. The molecule has 0 unspecified atom stereocenters. The summed E-state index contributed by atoms with van der Waals surface area (Å²) in [6.45, 7) is 3.43. The second kappa shape index (κ2) is 6.21. The summed E-state index contributed by atoms with van der Waals surface area (Å²) >= 11 is 1.25. The monoisotopic (exact) mass is 354 g/mol. The number of rotatable bonds is 3. The number of pyridine rings is 2. The van der Waals surface area contributed by atoms with Gasteiger partial charge in [0.25, 0.3) is 5.91 Å². The maximum Gasteiger partial charge on any atom is 0.260 e. The lowest BCUT2D eigenvalue weighted by atomic mass is 10.2. The first-order valence-corrected chi connectivity index (χ1v) is 8.84. The van der Waals surface area contributed by atoms with E-state index in [1.807, 2.05) is 30.5 Å². The van der Waals surface area contributed by atoms with Crippen LogP contribution in [0.3, 0.4) is 0 Å². The number of piperazine rings is 1. The van der Waals surface area contributed by atoms with Gasteiger partial charge in [-0.05, 0) is 18.2 Å². The van der Waals surface area contributed by atoms with Gasteiger partial charge in [-0.15, -0.1) is 11.3 Å². The van der Waals surface area contributed by atoms with E-state index in [2.05, 4.69) is 19.8 Å². The molecule has 3 aromatic heterocycles. The molecule has 0 spiro atoms. The highest BCUT2D eigenvalue weighted by Gasteiger charge is 2.23. The summed E-state index contributed by atoms with van der Waals surface area (Å²) in [5.74, 6) is 0.486. The average molecular weight is 354 g/mol. The van der Waals surface area contributed by atoms with Crippen LogP contribution in [0.4, 0.5) is 17.2 Å². The quantitative estimate of drug-likeness (QED) is 0.742. The topological polar surface area (TPSA) is 101 Å². The van der Waals surface area contributed by atoms with E-state index in [1.54, 1.807) is 6.20 Å². The van der Waals surface area contributed by atoms with Crippen LogP contribution in [0.25, 0.3) is 10.2 Å². The number of nitrogens with two attached hydrogens (primary N) is 2. The molecule has 0 bridgehead atoms. The van der Waals surface area contributed by atoms with Gasteiger partial charge in [0.15, 0.2) is 0 Å². The van der Waals surface area contributed by atoms with Gasteiger partial charge in [0.2, 0.25) is 0 Å². The lowest BCUT2D eigenvalue weighted by Gasteiger charge is -2.37. The Morgan fingerprint density at radius 1 is 1.04 bits per heavy atom. The largest absolute Gasteiger partial charge is 0.397 e. The molecule has 0 aliphatic carbocycles. The fraction of sp³-hybridized carbons (Fsp3) is 0.235. The first-order valence-electron chi connectivity index (χ1n) is 8.03. The summed E-state index contributed by atoms with van der Waals surface area (Å²) in [5, 5.41) is 0.826. The number of carbonyl (C=O) groups excluding carboxylic acids is 1. The van der Waals surface area contributed by atoms with E-state index in [0.29, 0.717) is 10.6 Å². The maximum atomic E-state index is 11.6. The molecule has 4 N–H and O–H groups in total. The summed E-state index contributed by atoms with van der Waals surface area (Å²) in [7, 11) is 0. The maximum absolute atomic E-state index is 11.6. The number of thiophene rings is 1. The highest BCUT2D eigenvalue weighted by Crippen LogP contribution is 2.38. The minimum absolute atomic E-state index is 0.377. The Labute approximate surface area is 148 Å². The van der Waals surface area contributed by atoms with Crippen molar-refractivity contribution >= 4 is 44.7 Å². The van der Waals surface area contributed by atoms with Crippen LogP contribution < -0.4 is 21.3 Å². The zero-order valence-electron chi connectivity index (χ0n) is 13.6. The summed E-state index contributed by atoms with van der Waals surface area (Å²) in [4.78, 5) is 26.0. The van der Waals surface area contributed by atoms with Crippen LogP contribution in [0.15, 0.2) is 36.7 Å². The number of primary amides is 1. The summed E-state index contributed by atoms with van der Waals surface area (Å²) in [6, 6.07) is 7.89. The number of hydrogen-bond acceptors (Lipinski definition) is 7. The number of amides is 1. The van der Waals surface area contributed by atoms with Crippen LogP contribution in [-0.4, -0.2) is 42.1 Å². The van der Waals surface area contributed by atoms with E-state index in [0.717, 1.165) is 47.9 Å². The molecular weight excluding hydrogens is 336 g/mol. The molecule has 8 heteroatoms. The van der Waals surface area contributed by atoms with Gasteiger partial charge in [-0.1, -0.05) is 6.07 Å². The molecule has 3 aromatic rings. The zero-order valence-corrected chi connectivity index (χ0v) is 14.4. The normalized spacial score (nSPS) is 14.9. The van der Waals surface area contributed by atoms with Crippen molar-refractivity contribution in [3.63, 3.8) is 0 Å². The van der Waals surface area contributed by atoms with Crippen molar-refractivity contribution in [3.8, 4) is 0 Å². The molecule has 0 atom stereocenters. The van der Waals surface area contributed by atoms with Crippen molar-refractivity contribution in [2.75, 3.05) is 41.7 Å². The molecule has 0 radical (unpaired) electrons. The molecular formula is C17H18N6OS. The predicted octanol–water partition coefficient (Wildman–Crippen LogP) is 1.70. The van der Waals surface area contributed by atoms with Gasteiger partial charge in [-0.2, -0.15) is 0 Å². The van der Waals surface area contributed by atoms with E-state index in [4.69, 9.17) is 11.5 Å². The lowest BCUT2D eigenvalue weighted by Crippen LogP contribution is -2.46. The van der Waals surface area contributed by atoms with Crippen molar-refractivity contribution in [3.05, 3.63) is 41.5 Å². The Morgan fingerprint density at radius 3 is 2.48 bits per heavy atom. The summed E-state index contributed by atoms with van der Waals surface area (Å²) in [6.07, 6.45) is 3.56. The fourth-order valence-electron chi connectivity index (χ4n) is 3.19. The minimum Gasteiger partial charge on any atom is -0.397 e. The van der Waals surface area contributed by atoms with Crippen molar-refractivity contribution in [1.29, 1.82) is 0 Å². The van der Waals surface area contributed by atoms with Crippen LogP contribution in [0.1, 0.15) is 9.67 Å². The minimum atomic E-state index is -0.508. The third-order valence-electron chi connectivity index (χ3n) is 4.42. The van der Waals surface area contributed by atoms with Gasteiger partial charge in [0.05, 0.1) is 16.8 Å². The second-order valence-corrected chi connectivity index (χ2v) is 6.88. The zero-order chi connectivity index (χ0) is 17.4. The number of aromatic nitrogens is 2. The van der Waals surface area contributed by atoms with Gasteiger partial charge in [-0.25, -0.2) is 9.97 Å². The summed E-state index contributed by atoms with van der Waals surface area (Å²) < 4.78 is 0. The molecule has 25 heavy (non-hydrogen) atoms. The fourth-order valence-corrected chi connectivity index (χ4v) is 4.13. The number of nitrogens with zero attached hydrogens (tertiary/aromatic N) is 4. The molecule has 0 saturated carbocycles. The Balaban J connectivity index is 1.62. The van der Waals surface area contributed by atoms with Crippen LogP contribution in [0.5, 0.6) is 0 Å². The van der Waals surface area contributed by atoms with Crippen molar-refractivity contribution in [1.82, 2.24) is 9.97 Å². The Morgan fingerprint density at radius 2 is 1.80 bits per heavy atom. The van der Waals surface area contributed by atoms with Crippen LogP contribution in [-0.2, 0) is 0 Å². The molecule has 1 aliphatic heterocycles. The smallest absolute Gasteiger partial charge is 0.260 e.